The number of hydrogen-bond acceptors (Lipinski definition) is 2. The minimum absolute atomic E-state index is 0.0521. The van der Waals surface area contributed by atoms with Crippen molar-refractivity contribution in [3.05, 3.63) is 30.5 Å². The smallest absolute Gasteiger partial charge is 0.322 e. The predicted molar refractivity (Wildman–Crippen MR) is 95.0 cm³/mol. The highest BCUT2D eigenvalue weighted by molar-refractivity contribution is 5.93. The van der Waals surface area contributed by atoms with E-state index in [0.717, 1.165) is 29.6 Å². The lowest BCUT2D eigenvalue weighted by Gasteiger charge is -2.43. The first kappa shape index (κ1) is 16.4. The van der Waals surface area contributed by atoms with Gasteiger partial charge in [0.25, 0.3) is 0 Å². The van der Waals surface area contributed by atoms with E-state index < -0.39 is 0 Å². The molecule has 2 aromatic rings. The summed E-state index contributed by atoms with van der Waals surface area (Å²) in [6.45, 7) is 5.35. The summed E-state index contributed by atoms with van der Waals surface area (Å²) in [5.41, 5.74) is 1.68. The summed E-state index contributed by atoms with van der Waals surface area (Å²) in [6.07, 6.45) is 2.95. The third-order valence-corrected chi connectivity index (χ3v) is 4.71. The maximum absolute atomic E-state index is 12.4. The Kier molecular flexibility index (Phi) is 4.46. The van der Waals surface area contributed by atoms with Crippen LogP contribution in [-0.2, 0) is 11.3 Å². The molecule has 0 bridgehead atoms. The lowest BCUT2D eigenvalue weighted by Crippen LogP contribution is -2.55. The van der Waals surface area contributed by atoms with Gasteiger partial charge in [0.1, 0.15) is 6.54 Å². The summed E-state index contributed by atoms with van der Waals surface area (Å²) in [5.74, 6) is 0.416. The number of likely N-dealkylation sites (N-methyl/N-ethyl adjacent to an activating group) is 1. The van der Waals surface area contributed by atoms with Crippen molar-refractivity contribution in [1.29, 1.82) is 0 Å². The molecule has 128 valence electrons. The molecule has 1 aromatic heterocycles. The number of benzene rings is 1. The monoisotopic (exact) mass is 328 g/mol. The standard InChI is InChI=1S/C18H24N4O2/c1-12(2)15-7-9-22(15)18(24)20-14-5-4-13-6-8-21(16(13)10-14)11-17(23)19-3/h4-6,8,10,12,15H,7,9,11H2,1-3H3,(H,19,23)(H,20,24). The van der Waals surface area contributed by atoms with Crippen LogP contribution in [0.5, 0.6) is 0 Å². The van der Waals surface area contributed by atoms with Gasteiger partial charge in [0.05, 0.1) is 5.52 Å². The van der Waals surface area contributed by atoms with Crippen LogP contribution in [0.15, 0.2) is 30.5 Å². The van der Waals surface area contributed by atoms with E-state index in [4.69, 9.17) is 0 Å². The van der Waals surface area contributed by atoms with Gasteiger partial charge < -0.3 is 20.1 Å². The first-order valence-electron chi connectivity index (χ1n) is 8.36. The van der Waals surface area contributed by atoms with Crippen molar-refractivity contribution in [2.45, 2.75) is 32.9 Å². The molecule has 2 heterocycles. The summed E-state index contributed by atoms with van der Waals surface area (Å²) in [7, 11) is 1.62. The number of urea groups is 1. The van der Waals surface area contributed by atoms with E-state index in [2.05, 4.69) is 24.5 Å². The Balaban J connectivity index is 1.76. The highest BCUT2D eigenvalue weighted by atomic mass is 16.2. The average Bonchev–Trinajstić information content (AvgIpc) is 2.87. The van der Waals surface area contributed by atoms with Gasteiger partial charge in [-0.15, -0.1) is 0 Å². The Bertz CT molecular complexity index is 765. The number of carbonyl (C=O) groups is 2. The van der Waals surface area contributed by atoms with E-state index in [9.17, 15) is 9.59 Å². The van der Waals surface area contributed by atoms with Gasteiger partial charge >= 0.3 is 6.03 Å². The topological polar surface area (TPSA) is 66.4 Å². The minimum atomic E-state index is -0.0534. The largest absolute Gasteiger partial charge is 0.358 e. The second-order valence-corrected chi connectivity index (χ2v) is 6.61. The SMILES string of the molecule is CNC(=O)Cn1ccc2ccc(NC(=O)N3CCC3C(C)C)cc21. The van der Waals surface area contributed by atoms with Crippen LogP contribution in [0.25, 0.3) is 10.9 Å². The Labute approximate surface area is 141 Å². The molecule has 0 aliphatic carbocycles. The maximum atomic E-state index is 12.4. The van der Waals surface area contributed by atoms with Crippen LogP contribution in [0.4, 0.5) is 10.5 Å². The fourth-order valence-corrected chi connectivity index (χ4v) is 3.18. The van der Waals surface area contributed by atoms with Gasteiger partial charge in [-0.3, -0.25) is 4.79 Å². The molecule has 1 aliphatic heterocycles. The molecule has 6 heteroatoms. The molecular formula is C18H24N4O2. The molecule has 0 radical (unpaired) electrons. The molecule has 1 unspecified atom stereocenters. The van der Waals surface area contributed by atoms with Crippen LogP contribution >= 0.6 is 0 Å². The molecule has 1 saturated heterocycles. The molecular weight excluding hydrogens is 304 g/mol. The zero-order valence-electron chi connectivity index (χ0n) is 14.4. The van der Waals surface area contributed by atoms with E-state index in [-0.39, 0.29) is 18.5 Å². The molecule has 1 atom stereocenters. The Morgan fingerprint density at radius 2 is 2.08 bits per heavy atom. The third-order valence-electron chi connectivity index (χ3n) is 4.71. The van der Waals surface area contributed by atoms with Gasteiger partial charge in [-0.1, -0.05) is 19.9 Å². The molecule has 24 heavy (non-hydrogen) atoms. The van der Waals surface area contributed by atoms with Gasteiger partial charge in [-0.25, -0.2) is 4.79 Å². The van der Waals surface area contributed by atoms with Gasteiger partial charge in [0.15, 0.2) is 0 Å². The molecule has 0 saturated carbocycles. The van der Waals surface area contributed by atoms with Crippen molar-refractivity contribution < 1.29 is 9.59 Å². The summed E-state index contributed by atoms with van der Waals surface area (Å²) in [6, 6.07) is 8.01. The number of aromatic nitrogens is 1. The lowest BCUT2D eigenvalue weighted by atomic mass is 9.92. The zero-order chi connectivity index (χ0) is 17.3. The second-order valence-electron chi connectivity index (χ2n) is 6.61. The molecule has 1 aromatic carbocycles. The van der Waals surface area contributed by atoms with E-state index in [0.29, 0.717) is 12.0 Å². The summed E-state index contributed by atoms with van der Waals surface area (Å²) in [5, 5.41) is 6.64. The van der Waals surface area contributed by atoms with Gasteiger partial charge in [-0.2, -0.15) is 0 Å². The van der Waals surface area contributed by atoms with E-state index in [1.54, 1.807) is 7.05 Å². The Hall–Kier alpha value is -2.50. The minimum Gasteiger partial charge on any atom is -0.358 e. The molecule has 0 spiro atoms. The number of likely N-dealkylation sites (tertiary alicyclic amines) is 1. The normalized spacial score (nSPS) is 17.0. The number of nitrogens with zero attached hydrogens (tertiary/aromatic N) is 2. The number of hydrogen-bond donors (Lipinski definition) is 2. The number of amides is 3. The molecule has 3 rings (SSSR count). The second kappa shape index (κ2) is 6.55. The quantitative estimate of drug-likeness (QED) is 0.906. The maximum Gasteiger partial charge on any atom is 0.322 e. The van der Waals surface area contributed by atoms with Crippen LogP contribution in [0.1, 0.15) is 20.3 Å². The highest BCUT2D eigenvalue weighted by Gasteiger charge is 2.34. The van der Waals surface area contributed by atoms with Crippen LogP contribution in [-0.4, -0.2) is 41.0 Å². The van der Waals surface area contributed by atoms with Crippen LogP contribution in [0, 0.1) is 5.92 Å². The number of anilines is 1. The molecule has 3 amide bonds. The van der Waals surface area contributed by atoms with E-state index in [1.165, 1.54) is 0 Å². The molecule has 1 fully saturated rings. The highest BCUT2D eigenvalue weighted by Crippen LogP contribution is 2.26. The lowest BCUT2D eigenvalue weighted by molar-refractivity contribution is -0.121. The summed E-state index contributed by atoms with van der Waals surface area (Å²) in [4.78, 5) is 25.9. The van der Waals surface area contributed by atoms with E-state index >= 15 is 0 Å². The Morgan fingerprint density at radius 1 is 1.29 bits per heavy atom. The van der Waals surface area contributed by atoms with E-state index in [1.807, 2.05) is 39.9 Å². The number of nitrogens with one attached hydrogen (secondary N) is 2. The van der Waals surface area contributed by atoms with Crippen LogP contribution in [0.2, 0.25) is 0 Å². The van der Waals surface area contributed by atoms with Crippen molar-refractivity contribution in [3.8, 4) is 0 Å². The summed E-state index contributed by atoms with van der Waals surface area (Å²) >= 11 is 0. The third kappa shape index (κ3) is 3.09. The Morgan fingerprint density at radius 3 is 2.71 bits per heavy atom. The zero-order valence-corrected chi connectivity index (χ0v) is 14.4. The average molecular weight is 328 g/mol. The van der Waals surface area contributed by atoms with Crippen LogP contribution in [0.3, 0.4) is 0 Å². The number of rotatable bonds is 4. The van der Waals surface area contributed by atoms with Crippen molar-refractivity contribution >= 4 is 28.5 Å². The van der Waals surface area contributed by atoms with Crippen LogP contribution < -0.4 is 10.6 Å². The number of fused-ring (bicyclic) bond motifs is 1. The fraction of sp³-hybridized carbons (Fsp3) is 0.444. The number of carbonyl (C=O) groups excluding carboxylic acids is 2. The first-order valence-corrected chi connectivity index (χ1v) is 8.36. The van der Waals surface area contributed by atoms with Crippen molar-refractivity contribution in [3.63, 3.8) is 0 Å². The van der Waals surface area contributed by atoms with Crippen molar-refractivity contribution in [1.82, 2.24) is 14.8 Å². The van der Waals surface area contributed by atoms with Gasteiger partial charge in [-0.05, 0) is 35.9 Å². The first-order chi connectivity index (χ1) is 11.5. The molecule has 1 aliphatic rings. The fourth-order valence-electron chi connectivity index (χ4n) is 3.18. The summed E-state index contributed by atoms with van der Waals surface area (Å²) < 4.78 is 1.88. The molecule has 6 nitrogen and oxygen atoms in total. The molecule has 2 N–H and O–H groups in total. The van der Waals surface area contributed by atoms with Crippen molar-refractivity contribution in [2.24, 2.45) is 5.92 Å². The van der Waals surface area contributed by atoms with Crippen molar-refractivity contribution in [2.75, 3.05) is 18.9 Å². The van der Waals surface area contributed by atoms with Gasteiger partial charge in [0.2, 0.25) is 5.91 Å². The predicted octanol–water partition coefficient (Wildman–Crippen LogP) is 2.65. The van der Waals surface area contributed by atoms with Gasteiger partial charge in [0, 0.05) is 31.5 Å².